The Morgan fingerprint density at radius 1 is 0.506 bits per heavy atom. The maximum Gasteiger partial charge on any atom is 0.409 e. The van der Waals surface area contributed by atoms with Crippen LogP contribution in [0.15, 0.2) is 72.8 Å². The minimum absolute atomic E-state index is 0.0121. The van der Waals surface area contributed by atoms with E-state index in [0.29, 0.717) is 115 Å². The quantitative estimate of drug-likeness (QED) is 0.0899. The van der Waals surface area contributed by atoms with Crippen LogP contribution in [0.4, 0.5) is 59.5 Å². The van der Waals surface area contributed by atoms with Crippen LogP contribution in [0.2, 0.25) is 20.1 Å². The van der Waals surface area contributed by atoms with Gasteiger partial charge >= 0.3 is 24.2 Å². The lowest BCUT2D eigenvalue weighted by Crippen LogP contribution is -2.48. The van der Waals surface area contributed by atoms with Gasteiger partial charge in [-0.15, -0.1) is 0 Å². The molecule has 0 aliphatic carbocycles. The Balaban J connectivity index is 0.000000216. The molecule has 0 saturated carbocycles. The van der Waals surface area contributed by atoms with E-state index in [9.17, 15) is 55.9 Å². The summed E-state index contributed by atoms with van der Waals surface area (Å²) >= 11 is 22.5. The Bertz CT molecular complexity index is 3120. The number of hydrogen-bond donors (Lipinski definition) is 5. The Morgan fingerprint density at radius 3 is 1.28 bits per heavy atom. The van der Waals surface area contributed by atoms with E-state index >= 15 is 0 Å². The molecule has 4 aliphatic rings. The first kappa shape index (κ1) is 72.5. The van der Waals surface area contributed by atoms with Gasteiger partial charge in [0, 0.05) is 104 Å². The zero-order valence-corrected chi connectivity index (χ0v) is 53.6. The molecule has 5 N–H and O–H groups in total. The highest BCUT2D eigenvalue weighted by atomic mass is 35.5. The smallest absolute Gasteiger partial charge is 0.409 e. The van der Waals surface area contributed by atoms with Gasteiger partial charge in [-0.1, -0.05) is 52.5 Å². The van der Waals surface area contributed by atoms with Crippen molar-refractivity contribution in [1.82, 2.24) is 34.7 Å². The zero-order valence-electron chi connectivity index (χ0n) is 50.6. The number of urea groups is 3. The molecule has 0 aromatic heterocycles. The third-order valence-corrected chi connectivity index (χ3v) is 16.0. The van der Waals surface area contributed by atoms with Gasteiger partial charge in [-0.05, 0) is 139 Å². The largest absolute Gasteiger partial charge is 0.450 e. The lowest BCUT2D eigenvalue weighted by Gasteiger charge is -2.34. The summed E-state index contributed by atoms with van der Waals surface area (Å²) in [5, 5.41) is 13.3. The maximum atomic E-state index is 13.8. The number of nitrogens with one attached hydrogen (secondary N) is 5. The van der Waals surface area contributed by atoms with Crippen molar-refractivity contribution < 1.29 is 60.7 Å². The summed E-state index contributed by atoms with van der Waals surface area (Å²) in [4.78, 5) is 106. The number of hydrogen-bond acceptors (Lipinski definition) is 9. The number of nitrogens with zero attached hydrogens (tertiary/aromatic N) is 6. The first-order valence-corrected chi connectivity index (χ1v) is 30.8. The average Bonchev–Trinajstić information content (AvgIpc) is 3.73. The molecular weight excluding hydrogens is 1250 g/mol. The summed E-state index contributed by atoms with van der Waals surface area (Å²) in [7, 11) is 5.10. The van der Waals surface area contributed by atoms with E-state index in [0.717, 1.165) is 19.3 Å². The second-order valence-electron chi connectivity index (χ2n) is 21.6. The number of benzene rings is 4. The molecule has 4 heterocycles. The van der Waals surface area contributed by atoms with Crippen molar-refractivity contribution in [2.75, 3.05) is 114 Å². The van der Waals surface area contributed by atoms with Crippen molar-refractivity contribution in [3.8, 4) is 0 Å². The van der Waals surface area contributed by atoms with Crippen molar-refractivity contribution in [2.45, 2.75) is 72.1 Å². The number of likely N-dealkylation sites (tertiary alicyclic amines) is 4. The summed E-state index contributed by atoms with van der Waals surface area (Å²) in [6, 6.07) is 16.5. The normalized spacial score (nSPS) is 17.9. The minimum atomic E-state index is -0.657. The van der Waals surface area contributed by atoms with Gasteiger partial charge in [0.25, 0.3) is 0 Å². The lowest BCUT2D eigenvalue weighted by atomic mass is 9.97. The fourth-order valence-corrected chi connectivity index (χ4v) is 10.4. The summed E-state index contributed by atoms with van der Waals surface area (Å²) in [5.74, 6) is -4.61. The molecule has 4 aliphatic heterocycles. The second kappa shape index (κ2) is 35.8. The molecule has 0 radical (unpaired) electrons. The van der Waals surface area contributed by atoms with Crippen molar-refractivity contribution >= 4 is 117 Å². The Kier molecular flexibility index (Phi) is 29.1. The van der Waals surface area contributed by atoms with Gasteiger partial charge in [0.2, 0.25) is 23.6 Å². The first-order chi connectivity index (χ1) is 42.3. The number of halogens is 8. The molecule has 0 spiro atoms. The number of carbonyl (C=O) groups excluding carboxylic acids is 8. The first-order valence-electron chi connectivity index (χ1n) is 29.3. The standard InChI is InChI=1S/C16H21ClFN3O2.2C15H19ClFN3O2.C15H18ClFN2O3/c1-3-20(2)16(23)21-8-4-5-11(10-21)15(22)19-12-6-7-13(17)14(18)9-12;1-19(2)15(22)20-7-3-4-10(9-20)14(21)18-11-5-6-12(16)13(17)8-11;1-2-18-15(22)20-7-3-4-10(9-20)14(21)19-11-5-6-12(16)13(17)8-11;1-2-22-15(21)19-8-4-5-10(9-19)14(20)18-12-7-3-6-11(16)13(12)17/h6-7,9,11H,3-5,8,10H2,1-2H3,(H,19,22);5-6,8,10H,3-4,7,9H2,1-2H3,(H,18,21);5-6,8,10H,2-4,7,9H2,1H3,(H,18,22)(H,19,21);3,6-7,10H,2,4-5,8-9H2,1H3,(H,18,20)/t11-;3*10-/m0000/s1. The van der Waals surface area contributed by atoms with Crippen molar-refractivity contribution in [3.63, 3.8) is 0 Å². The summed E-state index contributed by atoms with van der Waals surface area (Å²) in [5.41, 5.74) is 1.14. The Hall–Kier alpha value is -7.28. The van der Waals surface area contributed by atoms with E-state index in [1.54, 1.807) is 71.9 Å². The van der Waals surface area contributed by atoms with Crippen LogP contribution in [0, 0.1) is 46.9 Å². The van der Waals surface area contributed by atoms with Gasteiger partial charge in [0.15, 0.2) is 5.82 Å². The molecule has 28 heteroatoms. The fraction of sp³-hybridized carbons (Fsp3) is 0.475. The van der Waals surface area contributed by atoms with Crippen LogP contribution in [-0.4, -0.2) is 170 Å². The molecule has 4 atom stereocenters. The molecule has 8 rings (SSSR count). The van der Waals surface area contributed by atoms with Crippen LogP contribution >= 0.6 is 46.4 Å². The van der Waals surface area contributed by atoms with Crippen LogP contribution in [0.1, 0.15) is 72.1 Å². The van der Waals surface area contributed by atoms with Crippen molar-refractivity contribution in [1.29, 1.82) is 0 Å². The highest BCUT2D eigenvalue weighted by Gasteiger charge is 2.33. The van der Waals surface area contributed by atoms with E-state index in [-0.39, 0.29) is 91.8 Å². The van der Waals surface area contributed by atoms with Gasteiger partial charge in [-0.2, -0.15) is 0 Å². The molecule has 4 aromatic rings. The minimum Gasteiger partial charge on any atom is -0.450 e. The molecule has 4 fully saturated rings. The average molecular weight is 1330 g/mol. The number of anilines is 4. The van der Waals surface area contributed by atoms with E-state index < -0.39 is 35.3 Å². The fourth-order valence-electron chi connectivity index (χ4n) is 9.89. The van der Waals surface area contributed by atoms with Crippen LogP contribution in [0.5, 0.6) is 0 Å². The van der Waals surface area contributed by atoms with Crippen molar-refractivity contribution in [2.24, 2.45) is 23.7 Å². The topological polar surface area (TPSA) is 225 Å². The Labute approximate surface area is 536 Å². The van der Waals surface area contributed by atoms with E-state index in [1.165, 1.54) is 58.3 Å². The highest BCUT2D eigenvalue weighted by Crippen LogP contribution is 2.28. The maximum absolute atomic E-state index is 13.8. The highest BCUT2D eigenvalue weighted by molar-refractivity contribution is 6.32. The van der Waals surface area contributed by atoms with E-state index in [1.807, 2.05) is 13.8 Å². The molecule has 89 heavy (non-hydrogen) atoms. The summed E-state index contributed by atoms with van der Waals surface area (Å²) in [6.07, 6.45) is 5.36. The number of rotatable bonds is 11. The monoisotopic (exact) mass is 1320 g/mol. The number of ether oxygens (including phenoxy) is 1. The summed E-state index contributed by atoms with van der Waals surface area (Å²) in [6.45, 7) is 10.9. The van der Waals surface area contributed by atoms with Crippen LogP contribution in [-0.2, 0) is 23.9 Å². The predicted octanol–water partition coefficient (Wildman–Crippen LogP) is 12.2. The molecule has 486 valence electrons. The van der Waals surface area contributed by atoms with Gasteiger partial charge in [0.05, 0.1) is 56.1 Å². The van der Waals surface area contributed by atoms with Crippen LogP contribution < -0.4 is 26.6 Å². The number of piperidine rings is 4. The van der Waals surface area contributed by atoms with Crippen LogP contribution in [0.3, 0.4) is 0 Å². The van der Waals surface area contributed by atoms with Gasteiger partial charge < -0.3 is 60.7 Å². The third kappa shape index (κ3) is 22.3. The van der Waals surface area contributed by atoms with E-state index in [2.05, 4.69) is 26.6 Å². The number of carbonyl (C=O) groups is 8. The van der Waals surface area contributed by atoms with Gasteiger partial charge in [-0.3, -0.25) is 19.2 Å². The zero-order chi connectivity index (χ0) is 65.5. The molecule has 4 aromatic carbocycles. The van der Waals surface area contributed by atoms with Crippen LogP contribution in [0.25, 0.3) is 0 Å². The van der Waals surface area contributed by atoms with E-state index in [4.69, 9.17) is 51.1 Å². The SMILES string of the molecule is CCN(C)C(=O)N1CCC[C@H](C(=O)Nc2ccc(Cl)c(F)c2)C1.CCNC(=O)N1CCC[C@H](C(=O)Nc2ccc(Cl)c(F)c2)C1.CCOC(=O)N1CCC[C@H](C(=O)Nc2cccc(Cl)c2F)C1.CN(C)C(=O)N1CCC[C@H](C(=O)Nc2ccc(Cl)c(F)c2)C1. The number of amides is 11. The third-order valence-electron chi connectivity index (χ3n) is 14.8. The molecule has 11 amide bonds. The molecule has 0 unspecified atom stereocenters. The van der Waals surface area contributed by atoms with Gasteiger partial charge in [-0.25, -0.2) is 36.7 Å². The van der Waals surface area contributed by atoms with Crippen molar-refractivity contribution in [3.05, 3.63) is 116 Å². The van der Waals surface area contributed by atoms with Gasteiger partial charge in [0.1, 0.15) is 17.5 Å². The predicted molar refractivity (Wildman–Crippen MR) is 336 cm³/mol. The molecular formula is C61H77Cl4F4N11O9. The Morgan fingerprint density at radius 2 is 0.888 bits per heavy atom. The second-order valence-corrected chi connectivity index (χ2v) is 23.2. The molecule has 20 nitrogen and oxygen atoms in total. The summed E-state index contributed by atoms with van der Waals surface area (Å²) < 4.78 is 58.9. The molecule has 4 saturated heterocycles. The molecule has 0 bridgehead atoms. The lowest BCUT2D eigenvalue weighted by molar-refractivity contribution is -0.122.